The maximum atomic E-state index is 9.88. The Labute approximate surface area is 121 Å². The molecule has 2 rings (SSSR count). The van der Waals surface area contributed by atoms with Crippen LogP contribution in [-0.4, -0.2) is 28.3 Å². The van der Waals surface area contributed by atoms with Crippen molar-refractivity contribution < 1.29 is 5.11 Å². The molecule has 0 aliphatic carbocycles. The molecule has 0 aromatic heterocycles. The highest BCUT2D eigenvalue weighted by molar-refractivity contribution is 8.93. The van der Waals surface area contributed by atoms with Gasteiger partial charge in [-0.3, -0.25) is 5.41 Å². The van der Waals surface area contributed by atoms with Gasteiger partial charge in [0.1, 0.15) is 5.75 Å². The Hall–Kier alpha value is -1.27. The summed E-state index contributed by atoms with van der Waals surface area (Å²) in [7, 11) is 0. The molecule has 1 aromatic rings. The van der Waals surface area contributed by atoms with Crippen molar-refractivity contribution in [1.82, 2.24) is 5.01 Å². The van der Waals surface area contributed by atoms with E-state index in [1.165, 1.54) is 5.01 Å². The number of hydrogen-bond donors (Lipinski definition) is 3. The summed E-state index contributed by atoms with van der Waals surface area (Å²) in [6.07, 6.45) is 0. The van der Waals surface area contributed by atoms with Crippen LogP contribution >= 0.6 is 28.6 Å². The van der Waals surface area contributed by atoms with Gasteiger partial charge < -0.3 is 10.8 Å². The van der Waals surface area contributed by atoms with E-state index in [-0.39, 0.29) is 34.6 Å². The number of nitrogens with two attached hydrogens (primary N) is 1. The second-order valence-corrected chi connectivity index (χ2v) is 4.40. The molecular weight excluding hydrogens is 320 g/mol. The molecule has 5 nitrogen and oxygen atoms in total. The first-order valence-electron chi connectivity index (χ1n) is 5.18. The van der Waals surface area contributed by atoms with Crippen LogP contribution in [0.1, 0.15) is 12.5 Å². The Morgan fingerprint density at radius 1 is 1.61 bits per heavy atom. The number of nitrogens with one attached hydrogen (secondary N) is 1. The van der Waals surface area contributed by atoms with E-state index in [1.54, 1.807) is 18.2 Å². The fourth-order valence-electron chi connectivity index (χ4n) is 1.81. The van der Waals surface area contributed by atoms with Crippen LogP contribution in [0.2, 0.25) is 5.02 Å². The Balaban J connectivity index is 0.00000162. The highest BCUT2D eigenvalue weighted by Gasteiger charge is 2.27. The first-order chi connectivity index (χ1) is 8.00. The monoisotopic (exact) mass is 332 g/mol. The molecule has 1 heterocycles. The van der Waals surface area contributed by atoms with Crippen LogP contribution in [-0.2, 0) is 0 Å². The summed E-state index contributed by atoms with van der Waals surface area (Å²) in [4.78, 5) is 0. The maximum Gasteiger partial charge on any atom is 0.209 e. The van der Waals surface area contributed by atoms with Crippen LogP contribution in [0, 0.1) is 11.3 Å². The van der Waals surface area contributed by atoms with Gasteiger partial charge >= 0.3 is 0 Å². The van der Waals surface area contributed by atoms with Gasteiger partial charge in [-0.15, -0.1) is 17.0 Å². The van der Waals surface area contributed by atoms with E-state index in [0.29, 0.717) is 22.8 Å². The number of aromatic hydroxyl groups is 1. The van der Waals surface area contributed by atoms with Crippen molar-refractivity contribution in [2.45, 2.75) is 6.92 Å². The zero-order valence-electron chi connectivity index (χ0n) is 9.72. The zero-order chi connectivity index (χ0) is 12.6. The SMILES string of the molecule is Br.CC1CN(C(=N)N)N=C1c1cccc(Cl)c1O. The summed E-state index contributed by atoms with van der Waals surface area (Å²) in [6, 6.07) is 5.12. The molecule has 0 radical (unpaired) electrons. The molecule has 0 amide bonds. The van der Waals surface area contributed by atoms with Crippen molar-refractivity contribution in [3.63, 3.8) is 0 Å². The molecule has 0 bridgehead atoms. The van der Waals surface area contributed by atoms with Gasteiger partial charge in [0.05, 0.1) is 17.3 Å². The molecular formula is C11H14BrClN4O. The van der Waals surface area contributed by atoms with Crippen LogP contribution < -0.4 is 5.73 Å². The van der Waals surface area contributed by atoms with Gasteiger partial charge in [0.2, 0.25) is 5.96 Å². The molecule has 0 saturated heterocycles. The van der Waals surface area contributed by atoms with Gasteiger partial charge in [-0.05, 0) is 12.1 Å². The third kappa shape index (κ3) is 2.59. The molecule has 1 aromatic carbocycles. The number of hydrazone groups is 1. The second kappa shape index (κ2) is 5.58. The summed E-state index contributed by atoms with van der Waals surface area (Å²) >= 11 is 5.85. The Morgan fingerprint density at radius 2 is 2.28 bits per heavy atom. The number of para-hydroxylation sites is 1. The second-order valence-electron chi connectivity index (χ2n) is 3.99. The van der Waals surface area contributed by atoms with E-state index in [2.05, 4.69) is 5.10 Å². The minimum Gasteiger partial charge on any atom is -0.506 e. The number of hydrogen-bond acceptors (Lipinski definition) is 3. The summed E-state index contributed by atoms with van der Waals surface area (Å²) in [5.74, 6) is 0.00167. The lowest BCUT2D eigenvalue weighted by Crippen LogP contribution is -2.31. The van der Waals surface area contributed by atoms with Gasteiger partial charge in [0, 0.05) is 11.5 Å². The van der Waals surface area contributed by atoms with E-state index in [0.717, 1.165) is 0 Å². The number of guanidine groups is 1. The third-order valence-corrected chi connectivity index (χ3v) is 2.99. The van der Waals surface area contributed by atoms with Crippen LogP contribution in [0.5, 0.6) is 5.75 Å². The van der Waals surface area contributed by atoms with Gasteiger partial charge in [-0.25, -0.2) is 5.01 Å². The number of benzene rings is 1. The highest BCUT2D eigenvalue weighted by atomic mass is 79.9. The Bertz CT molecular complexity index is 506. The first-order valence-corrected chi connectivity index (χ1v) is 5.56. The van der Waals surface area contributed by atoms with Gasteiger partial charge in [-0.1, -0.05) is 24.6 Å². The molecule has 1 aliphatic heterocycles. The topological polar surface area (TPSA) is 85.7 Å². The summed E-state index contributed by atoms with van der Waals surface area (Å²) in [5.41, 5.74) is 6.67. The van der Waals surface area contributed by atoms with E-state index in [1.807, 2.05) is 6.92 Å². The highest BCUT2D eigenvalue weighted by Crippen LogP contribution is 2.31. The molecule has 18 heavy (non-hydrogen) atoms. The summed E-state index contributed by atoms with van der Waals surface area (Å²) < 4.78 is 0. The van der Waals surface area contributed by atoms with Crippen molar-refractivity contribution in [2.24, 2.45) is 16.8 Å². The fraction of sp³-hybridized carbons (Fsp3) is 0.273. The third-order valence-electron chi connectivity index (χ3n) is 2.68. The van der Waals surface area contributed by atoms with Crippen molar-refractivity contribution in [2.75, 3.05) is 6.54 Å². The van der Waals surface area contributed by atoms with Crippen molar-refractivity contribution in [1.29, 1.82) is 5.41 Å². The average Bonchev–Trinajstić information content (AvgIpc) is 2.65. The number of rotatable bonds is 1. The van der Waals surface area contributed by atoms with Crippen molar-refractivity contribution in [3.8, 4) is 5.75 Å². The minimum absolute atomic E-state index is 0. The van der Waals surface area contributed by atoms with E-state index >= 15 is 0 Å². The van der Waals surface area contributed by atoms with E-state index in [9.17, 15) is 5.11 Å². The molecule has 1 atom stereocenters. The lowest BCUT2D eigenvalue weighted by molar-refractivity contribution is 0.448. The molecule has 1 unspecified atom stereocenters. The van der Waals surface area contributed by atoms with Gasteiger partial charge in [-0.2, -0.15) is 5.10 Å². The lowest BCUT2D eigenvalue weighted by atomic mass is 9.99. The number of nitrogens with zero attached hydrogens (tertiary/aromatic N) is 2. The molecule has 0 spiro atoms. The summed E-state index contributed by atoms with van der Waals surface area (Å²) in [6.45, 7) is 2.50. The molecule has 0 saturated carbocycles. The Morgan fingerprint density at radius 3 is 2.83 bits per heavy atom. The predicted molar refractivity (Wildman–Crippen MR) is 77.8 cm³/mol. The number of phenols is 1. The van der Waals surface area contributed by atoms with Gasteiger partial charge in [0.15, 0.2) is 0 Å². The standard InChI is InChI=1S/C11H13ClN4O.BrH/c1-6-5-16(11(13)14)15-9(6)7-3-2-4-8(12)10(7)17;/h2-4,6,17H,5H2,1H3,(H3,13,14);1H. The average molecular weight is 334 g/mol. The minimum atomic E-state index is -0.103. The molecule has 98 valence electrons. The van der Waals surface area contributed by atoms with Crippen LogP contribution in [0.15, 0.2) is 23.3 Å². The molecule has 1 aliphatic rings. The van der Waals surface area contributed by atoms with Crippen LogP contribution in [0.3, 0.4) is 0 Å². The van der Waals surface area contributed by atoms with Gasteiger partial charge in [0.25, 0.3) is 0 Å². The van der Waals surface area contributed by atoms with Crippen molar-refractivity contribution in [3.05, 3.63) is 28.8 Å². The number of halogens is 2. The lowest BCUT2D eigenvalue weighted by Gasteiger charge is -2.10. The quantitative estimate of drug-likeness (QED) is 0.544. The fourth-order valence-corrected chi connectivity index (χ4v) is 1.98. The maximum absolute atomic E-state index is 9.88. The normalized spacial score (nSPS) is 18.2. The smallest absolute Gasteiger partial charge is 0.209 e. The van der Waals surface area contributed by atoms with Crippen molar-refractivity contribution >= 4 is 40.3 Å². The first kappa shape index (κ1) is 14.8. The largest absolute Gasteiger partial charge is 0.506 e. The van der Waals surface area contributed by atoms with Crippen LogP contribution in [0.4, 0.5) is 0 Å². The predicted octanol–water partition coefficient (Wildman–Crippen LogP) is 2.17. The zero-order valence-corrected chi connectivity index (χ0v) is 12.2. The Kier molecular flexibility index (Phi) is 4.59. The van der Waals surface area contributed by atoms with Crippen LogP contribution in [0.25, 0.3) is 0 Å². The molecule has 4 N–H and O–H groups in total. The number of phenolic OH excluding ortho intramolecular Hbond substituents is 1. The summed E-state index contributed by atoms with van der Waals surface area (Å²) in [5, 5.41) is 23.1. The molecule has 7 heteroatoms. The van der Waals surface area contributed by atoms with E-state index in [4.69, 9.17) is 22.7 Å². The van der Waals surface area contributed by atoms with E-state index < -0.39 is 0 Å². The molecule has 0 fully saturated rings.